The quantitative estimate of drug-likeness (QED) is 0.854. The number of hydrogen-bond acceptors (Lipinski definition) is 3. The molecule has 4 heteroatoms. The van der Waals surface area contributed by atoms with Crippen molar-refractivity contribution in [2.75, 3.05) is 5.73 Å². The second kappa shape index (κ2) is 5.10. The Balaban J connectivity index is 2.07. The summed E-state index contributed by atoms with van der Waals surface area (Å²) < 4.78 is 6.50. The average molecular weight is 294 g/mol. The Morgan fingerprint density at radius 2 is 1.82 bits per heavy atom. The molecule has 0 amide bonds. The minimum absolute atomic E-state index is 0.249. The lowest BCUT2D eigenvalue weighted by Gasteiger charge is -2.09. The number of aromatic hydroxyl groups is 1. The van der Waals surface area contributed by atoms with Gasteiger partial charge in [-0.1, -0.05) is 12.1 Å². The molecule has 3 nitrogen and oxygen atoms in total. The van der Waals surface area contributed by atoms with Crippen molar-refractivity contribution in [3.05, 3.63) is 52.5 Å². The van der Waals surface area contributed by atoms with Crippen molar-refractivity contribution >= 4 is 21.6 Å². The highest BCUT2D eigenvalue weighted by molar-refractivity contribution is 9.10. The van der Waals surface area contributed by atoms with E-state index in [1.54, 1.807) is 24.3 Å². The van der Waals surface area contributed by atoms with Gasteiger partial charge < -0.3 is 15.6 Å². The van der Waals surface area contributed by atoms with Crippen LogP contribution in [0.3, 0.4) is 0 Å². The topological polar surface area (TPSA) is 55.5 Å². The summed E-state index contributed by atoms with van der Waals surface area (Å²) in [5, 5.41) is 9.16. The van der Waals surface area contributed by atoms with Gasteiger partial charge in [0.2, 0.25) is 0 Å². The molecule has 0 saturated heterocycles. The Hall–Kier alpha value is -1.68. The van der Waals surface area contributed by atoms with E-state index in [-0.39, 0.29) is 5.75 Å². The molecule has 0 fully saturated rings. The molecule has 0 aliphatic carbocycles. The maximum Gasteiger partial charge on any atom is 0.136 e. The number of phenols is 1. The molecule has 88 valence electrons. The summed E-state index contributed by atoms with van der Waals surface area (Å²) in [5.74, 6) is 0.956. The minimum atomic E-state index is 0.249. The molecule has 0 spiro atoms. The Morgan fingerprint density at radius 1 is 1.12 bits per heavy atom. The smallest absolute Gasteiger partial charge is 0.136 e. The Kier molecular flexibility index (Phi) is 3.54. The van der Waals surface area contributed by atoms with E-state index in [0.29, 0.717) is 18.0 Å². The average Bonchev–Trinajstić information content (AvgIpc) is 2.32. The third-order valence-electron chi connectivity index (χ3n) is 2.29. The fraction of sp³-hybridized carbons (Fsp3) is 0.0769. The lowest BCUT2D eigenvalue weighted by molar-refractivity contribution is 0.304. The fourth-order valence-corrected chi connectivity index (χ4v) is 1.74. The highest BCUT2D eigenvalue weighted by atomic mass is 79.9. The largest absolute Gasteiger partial charge is 0.508 e. The van der Waals surface area contributed by atoms with Gasteiger partial charge in [0.05, 0.1) is 4.47 Å². The molecule has 0 aromatic heterocycles. The molecule has 2 rings (SSSR count). The van der Waals surface area contributed by atoms with Crippen LogP contribution in [0.4, 0.5) is 5.69 Å². The van der Waals surface area contributed by atoms with Gasteiger partial charge in [-0.05, 0) is 45.8 Å². The minimum Gasteiger partial charge on any atom is -0.508 e. The number of hydrogen-bond donors (Lipinski definition) is 2. The summed E-state index contributed by atoms with van der Waals surface area (Å²) in [7, 11) is 0. The normalized spacial score (nSPS) is 10.2. The summed E-state index contributed by atoms with van der Waals surface area (Å²) in [6.07, 6.45) is 0. The lowest BCUT2D eigenvalue weighted by atomic mass is 10.2. The van der Waals surface area contributed by atoms with Crippen molar-refractivity contribution in [1.29, 1.82) is 0 Å². The van der Waals surface area contributed by atoms with E-state index in [0.717, 1.165) is 10.0 Å². The molecule has 0 bridgehead atoms. The van der Waals surface area contributed by atoms with E-state index >= 15 is 0 Å². The molecule has 2 aromatic rings. The Bertz CT molecular complexity index is 511. The molecule has 0 unspecified atom stereocenters. The highest BCUT2D eigenvalue weighted by Crippen LogP contribution is 2.27. The molecule has 0 saturated carbocycles. The summed E-state index contributed by atoms with van der Waals surface area (Å²) >= 11 is 3.40. The Morgan fingerprint density at radius 3 is 2.53 bits per heavy atom. The fourth-order valence-electron chi connectivity index (χ4n) is 1.38. The predicted molar refractivity (Wildman–Crippen MR) is 71.0 cm³/mol. The summed E-state index contributed by atoms with van der Waals surface area (Å²) in [4.78, 5) is 0. The van der Waals surface area contributed by atoms with Crippen LogP contribution in [-0.4, -0.2) is 5.11 Å². The monoisotopic (exact) mass is 293 g/mol. The van der Waals surface area contributed by atoms with Crippen LogP contribution >= 0.6 is 15.9 Å². The lowest BCUT2D eigenvalue weighted by Crippen LogP contribution is -1.96. The molecular formula is C13H12BrNO2. The first kappa shape index (κ1) is 11.8. The zero-order valence-corrected chi connectivity index (χ0v) is 10.6. The van der Waals surface area contributed by atoms with Gasteiger partial charge in [-0.25, -0.2) is 0 Å². The van der Waals surface area contributed by atoms with Crippen molar-refractivity contribution in [2.24, 2.45) is 0 Å². The van der Waals surface area contributed by atoms with Crippen molar-refractivity contribution < 1.29 is 9.84 Å². The molecule has 0 heterocycles. The zero-order valence-electron chi connectivity index (χ0n) is 9.06. The molecule has 17 heavy (non-hydrogen) atoms. The van der Waals surface area contributed by atoms with Crippen LogP contribution in [0.1, 0.15) is 5.56 Å². The molecule has 0 aliphatic heterocycles. The first-order valence-electron chi connectivity index (χ1n) is 5.11. The summed E-state index contributed by atoms with van der Waals surface area (Å²) in [5.41, 5.74) is 7.33. The highest BCUT2D eigenvalue weighted by Gasteiger charge is 2.02. The van der Waals surface area contributed by atoms with Crippen LogP contribution in [-0.2, 0) is 6.61 Å². The van der Waals surface area contributed by atoms with Crippen LogP contribution < -0.4 is 10.5 Å². The standard InChI is InChI=1S/C13H12BrNO2/c14-12-6-3-10(15)7-13(12)17-8-9-1-4-11(16)5-2-9/h1-7,16H,8,15H2. The van der Waals surface area contributed by atoms with Gasteiger partial charge in [0, 0.05) is 11.8 Å². The van der Waals surface area contributed by atoms with E-state index in [9.17, 15) is 0 Å². The maximum atomic E-state index is 9.16. The van der Waals surface area contributed by atoms with Crippen molar-refractivity contribution in [3.8, 4) is 11.5 Å². The molecule has 0 radical (unpaired) electrons. The third kappa shape index (κ3) is 3.14. The van der Waals surface area contributed by atoms with Crippen LogP contribution in [0.5, 0.6) is 11.5 Å². The molecule has 0 atom stereocenters. The van der Waals surface area contributed by atoms with Crippen molar-refractivity contribution in [3.63, 3.8) is 0 Å². The van der Waals surface area contributed by atoms with E-state index in [4.69, 9.17) is 15.6 Å². The second-order valence-corrected chi connectivity index (χ2v) is 4.50. The van der Waals surface area contributed by atoms with Crippen LogP contribution in [0, 0.1) is 0 Å². The van der Waals surface area contributed by atoms with E-state index < -0.39 is 0 Å². The zero-order chi connectivity index (χ0) is 12.3. The molecule has 3 N–H and O–H groups in total. The SMILES string of the molecule is Nc1ccc(Br)c(OCc2ccc(O)cc2)c1. The van der Waals surface area contributed by atoms with E-state index in [1.807, 2.05) is 18.2 Å². The van der Waals surface area contributed by atoms with Gasteiger partial charge in [0.1, 0.15) is 18.1 Å². The van der Waals surface area contributed by atoms with Crippen LogP contribution in [0.2, 0.25) is 0 Å². The van der Waals surface area contributed by atoms with E-state index in [1.165, 1.54) is 0 Å². The summed E-state index contributed by atoms with van der Waals surface area (Å²) in [6.45, 7) is 0.433. The van der Waals surface area contributed by atoms with Gasteiger partial charge >= 0.3 is 0 Å². The Labute approximate surface area is 108 Å². The summed E-state index contributed by atoms with van der Waals surface area (Å²) in [6, 6.07) is 12.3. The maximum absolute atomic E-state index is 9.16. The number of nitrogens with two attached hydrogens (primary N) is 1. The van der Waals surface area contributed by atoms with Gasteiger partial charge in [-0.2, -0.15) is 0 Å². The number of phenolic OH excluding ortho intramolecular Hbond substituents is 1. The number of ether oxygens (including phenoxy) is 1. The predicted octanol–water partition coefficient (Wildman–Crippen LogP) is 3.32. The first-order valence-corrected chi connectivity index (χ1v) is 5.90. The first-order chi connectivity index (χ1) is 8.15. The van der Waals surface area contributed by atoms with Crippen molar-refractivity contribution in [2.45, 2.75) is 6.61 Å². The van der Waals surface area contributed by atoms with Gasteiger partial charge in [-0.3, -0.25) is 0 Å². The molecule has 2 aromatic carbocycles. The number of halogens is 1. The number of rotatable bonds is 3. The van der Waals surface area contributed by atoms with Gasteiger partial charge in [0.15, 0.2) is 0 Å². The van der Waals surface area contributed by atoms with Gasteiger partial charge in [0.25, 0.3) is 0 Å². The van der Waals surface area contributed by atoms with Crippen molar-refractivity contribution in [1.82, 2.24) is 0 Å². The van der Waals surface area contributed by atoms with Crippen LogP contribution in [0.15, 0.2) is 46.9 Å². The molecule has 0 aliphatic rings. The van der Waals surface area contributed by atoms with Gasteiger partial charge in [-0.15, -0.1) is 0 Å². The van der Waals surface area contributed by atoms with E-state index in [2.05, 4.69) is 15.9 Å². The number of anilines is 1. The third-order valence-corrected chi connectivity index (χ3v) is 2.94. The number of nitrogen functional groups attached to an aromatic ring is 1. The molecular weight excluding hydrogens is 282 g/mol. The second-order valence-electron chi connectivity index (χ2n) is 3.64. The van der Waals surface area contributed by atoms with Crippen LogP contribution in [0.25, 0.3) is 0 Å². The number of benzene rings is 2.